The van der Waals surface area contributed by atoms with Crippen molar-refractivity contribution in [1.82, 2.24) is 15.5 Å². The van der Waals surface area contributed by atoms with E-state index >= 15 is 0 Å². The number of likely N-dealkylation sites (N-methyl/N-ethyl adjacent to an activating group) is 1. The molecule has 1 aromatic rings. The van der Waals surface area contributed by atoms with Crippen LogP contribution in [0.15, 0.2) is 35.5 Å². The molecule has 3 rings (SSSR count). The molecule has 0 fully saturated rings. The maximum absolute atomic E-state index is 12.5. The van der Waals surface area contributed by atoms with Gasteiger partial charge in [0, 0.05) is 18.8 Å². The first kappa shape index (κ1) is 21.0. The van der Waals surface area contributed by atoms with Gasteiger partial charge in [-0.2, -0.15) is 0 Å². The van der Waals surface area contributed by atoms with Crippen LogP contribution in [0.3, 0.4) is 0 Å². The number of nitrogens with zero attached hydrogens (tertiary/aromatic N) is 1. The quantitative estimate of drug-likeness (QED) is 0.646. The van der Waals surface area contributed by atoms with Crippen LogP contribution < -0.4 is 20.1 Å². The van der Waals surface area contributed by atoms with E-state index in [-0.39, 0.29) is 24.8 Å². The van der Waals surface area contributed by atoms with Crippen molar-refractivity contribution < 1.29 is 23.8 Å². The average Bonchev–Trinajstić information content (AvgIpc) is 2.72. The van der Waals surface area contributed by atoms with Gasteiger partial charge in [-0.1, -0.05) is 26.0 Å². The topological polar surface area (TPSA) is 89.1 Å². The molecule has 2 aliphatic rings. The summed E-state index contributed by atoms with van der Waals surface area (Å²) >= 11 is 0. The minimum Gasteiger partial charge on any atom is -0.486 e. The molecule has 0 aliphatic carbocycles. The average molecular weight is 403 g/mol. The summed E-state index contributed by atoms with van der Waals surface area (Å²) in [5.41, 5.74) is 1.07. The van der Waals surface area contributed by atoms with Crippen LogP contribution in [-0.2, 0) is 9.53 Å². The third kappa shape index (κ3) is 5.00. The van der Waals surface area contributed by atoms with Crippen molar-refractivity contribution in [1.29, 1.82) is 0 Å². The normalized spacial score (nSPS) is 20.9. The van der Waals surface area contributed by atoms with Crippen LogP contribution in [0.2, 0.25) is 0 Å². The van der Waals surface area contributed by atoms with Crippen molar-refractivity contribution in [3.63, 3.8) is 0 Å². The molecule has 0 radical (unpaired) electrons. The zero-order valence-corrected chi connectivity index (χ0v) is 17.2. The van der Waals surface area contributed by atoms with Gasteiger partial charge in [-0.15, -0.1) is 0 Å². The van der Waals surface area contributed by atoms with Crippen molar-refractivity contribution in [2.75, 3.05) is 32.8 Å². The van der Waals surface area contributed by atoms with E-state index in [1.165, 1.54) is 0 Å². The number of urea groups is 1. The number of ether oxygens (including phenoxy) is 3. The second-order valence-electron chi connectivity index (χ2n) is 7.00. The maximum atomic E-state index is 12.5. The smallest absolute Gasteiger partial charge is 0.337 e. The Morgan fingerprint density at radius 2 is 2.00 bits per heavy atom. The predicted molar refractivity (Wildman–Crippen MR) is 108 cm³/mol. The van der Waals surface area contributed by atoms with Gasteiger partial charge in [0.15, 0.2) is 11.5 Å². The molecule has 2 amide bonds. The third-order valence-electron chi connectivity index (χ3n) is 5.01. The van der Waals surface area contributed by atoms with Gasteiger partial charge in [-0.05, 0) is 32.0 Å². The number of carbonyl (C=O) groups excluding carboxylic acids is 2. The fourth-order valence-corrected chi connectivity index (χ4v) is 3.56. The second-order valence-corrected chi connectivity index (χ2v) is 7.00. The molecule has 2 heterocycles. The van der Waals surface area contributed by atoms with Gasteiger partial charge < -0.3 is 24.8 Å². The standard InChI is InChI=1S/C21H29N3O5/c1-4-15-19(20(25)27-6-3)16(23-21(26)22-15)12-24(5-2)11-14-13-28-17-9-7-8-10-18(17)29-14/h7-10,14-15H,4-6,11-13H2,1-3H3,(H2,22,23,26)/t14-,15-/m1/s1. The fraction of sp³-hybridized carbons (Fsp3) is 0.524. The molecule has 2 aliphatic heterocycles. The first-order valence-corrected chi connectivity index (χ1v) is 10.1. The van der Waals surface area contributed by atoms with Gasteiger partial charge >= 0.3 is 12.0 Å². The Balaban J connectivity index is 1.75. The highest BCUT2D eigenvalue weighted by atomic mass is 16.6. The highest BCUT2D eigenvalue weighted by Gasteiger charge is 2.32. The maximum Gasteiger partial charge on any atom is 0.337 e. The van der Waals surface area contributed by atoms with Gasteiger partial charge in [0.1, 0.15) is 12.7 Å². The summed E-state index contributed by atoms with van der Waals surface area (Å²) in [4.78, 5) is 26.8. The summed E-state index contributed by atoms with van der Waals surface area (Å²) in [6, 6.07) is 6.93. The predicted octanol–water partition coefficient (Wildman–Crippen LogP) is 2.06. The lowest BCUT2D eigenvalue weighted by molar-refractivity contribution is -0.139. The van der Waals surface area contributed by atoms with Gasteiger partial charge in [0.2, 0.25) is 0 Å². The van der Waals surface area contributed by atoms with Crippen molar-refractivity contribution in [3.05, 3.63) is 35.5 Å². The summed E-state index contributed by atoms with van der Waals surface area (Å²) in [6.07, 6.45) is 0.462. The first-order valence-electron chi connectivity index (χ1n) is 10.1. The van der Waals surface area contributed by atoms with Crippen LogP contribution in [0.4, 0.5) is 4.79 Å². The molecule has 2 atom stereocenters. The number of fused-ring (bicyclic) bond motifs is 1. The lowest BCUT2D eigenvalue weighted by atomic mass is 10.00. The number of rotatable bonds is 8. The molecule has 0 spiro atoms. The minimum absolute atomic E-state index is 0.143. The Morgan fingerprint density at radius 3 is 2.69 bits per heavy atom. The van der Waals surface area contributed by atoms with Gasteiger partial charge in [0.25, 0.3) is 0 Å². The number of nitrogens with one attached hydrogen (secondary N) is 2. The fourth-order valence-electron chi connectivity index (χ4n) is 3.56. The van der Waals surface area contributed by atoms with E-state index in [2.05, 4.69) is 15.5 Å². The monoisotopic (exact) mass is 403 g/mol. The van der Waals surface area contributed by atoms with E-state index in [1.807, 2.05) is 38.1 Å². The molecule has 0 saturated heterocycles. The van der Waals surface area contributed by atoms with Crippen LogP contribution >= 0.6 is 0 Å². The Kier molecular flexibility index (Phi) is 6.98. The van der Waals surface area contributed by atoms with Crippen molar-refractivity contribution in [2.24, 2.45) is 0 Å². The third-order valence-corrected chi connectivity index (χ3v) is 5.01. The number of hydrogen-bond donors (Lipinski definition) is 2. The molecular formula is C21H29N3O5. The highest BCUT2D eigenvalue weighted by Crippen LogP contribution is 2.31. The van der Waals surface area contributed by atoms with Gasteiger partial charge in [-0.25, -0.2) is 9.59 Å². The molecule has 8 nitrogen and oxygen atoms in total. The van der Waals surface area contributed by atoms with Gasteiger partial charge in [0.05, 0.1) is 18.2 Å². The molecule has 0 aromatic heterocycles. The lowest BCUT2D eigenvalue weighted by Crippen LogP contribution is -2.52. The molecule has 0 bridgehead atoms. The van der Waals surface area contributed by atoms with Gasteiger partial charge in [-0.3, -0.25) is 4.90 Å². The Labute approximate surface area is 171 Å². The number of esters is 1. The van der Waals surface area contributed by atoms with Crippen LogP contribution in [0.1, 0.15) is 27.2 Å². The number of hydrogen-bond acceptors (Lipinski definition) is 6. The molecule has 8 heteroatoms. The van der Waals surface area contributed by atoms with E-state index in [0.717, 1.165) is 18.0 Å². The van der Waals surface area contributed by atoms with Crippen LogP contribution in [0.5, 0.6) is 11.5 Å². The molecular weight excluding hydrogens is 374 g/mol. The van der Waals surface area contributed by atoms with E-state index in [9.17, 15) is 9.59 Å². The summed E-state index contributed by atoms with van der Waals surface area (Å²) in [6.45, 7) is 8.19. The number of benzene rings is 1. The highest BCUT2D eigenvalue weighted by molar-refractivity contribution is 5.94. The summed E-state index contributed by atoms with van der Waals surface area (Å²) in [5.74, 6) is 1.08. The second kappa shape index (κ2) is 9.65. The number of amides is 2. The number of para-hydroxylation sites is 2. The Morgan fingerprint density at radius 1 is 1.24 bits per heavy atom. The summed E-state index contributed by atoms with van der Waals surface area (Å²) in [7, 11) is 0. The SMILES string of the molecule is CCOC(=O)C1=C(CN(CC)C[C@@H]2COc3ccccc3O2)NC(=O)N[C@@H]1CC. The van der Waals surface area contributed by atoms with E-state index < -0.39 is 5.97 Å². The molecule has 158 valence electrons. The summed E-state index contributed by atoms with van der Waals surface area (Å²) in [5, 5.41) is 5.60. The molecule has 29 heavy (non-hydrogen) atoms. The zero-order valence-electron chi connectivity index (χ0n) is 17.2. The zero-order chi connectivity index (χ0) is 20.8. The lowest BCUT2D eigenvalue weighted by Gasteiger charge is -2.33. The largest absolute Gasteiger partial charge is 0.486 e. The van der Waals surface area contributed by atoms with Crippen molar-refractivity contribution >= 4 is 12.0 Å². The van der Waals surface area contributed by atoms with E-state index in [4.69, 9.17) is 14.2 Å². The van der Waals surface area contributed by atoms with E-state index in [0.29, 0.717) is 37.4 Å². The van der Waals surface area contributed by atoms with Crippen LogP contribution in [0, 0.1) is 0 Å². The Bertz CT molecular complexity index is 779. The number of carbonyl (C=O) groups is 2. The first-order chi connectivity index (χ1) is 14.0. The molecule has 2 N–H and O–H groups in total. The summed E-state index contributed by atoms with van der Waals surface area (Å²) < 4.78 is 17.1. The van der Waals surface area contributed by atoms with Crippen LogP contribution in [0.25, 0.3) is 0 Å². The Hall–Kier alpha value is -2.74. The van der Waals surface area contributed by atoms with Crippen LogP contribution in [-0.4, -0.2) is 61.9 Å². The minimum atomic E-state index is -0.399. The van der Waals surface area contributed by atoms with Crippen molar-refractivity contribution in [2.45, 2.75) is 39.3 Å². The molecule has 0 saturated carbocycles. The van der Waals surface area contributed by atoms with E-state index in [1.54, 1.807) is 6.92 Å². The van der Waals surface area contributed by atoms with Crippen molar-refractivity contribution in [3.8, 4) is 11.5 Å². The molecule has 0 unspecified atom stereocenters. The molecule has 1 aromatic carbocycles.